The number of β-amino-alcohol motifs (C(OH)–C–C–N with tert-alkyl or cyclic N) is 1. The van der Waals surface area contributed by atoms with E-state index in [0.29, 0.717) is 12.1 Å². The summed E-state index contributed by atoms with van der Waals surface area (Å²) >= 11 is 0. The van der Waals surface area contributed by atoms with Crippen LogP contribution in [0.2, 0.25) is 0 Å². The summed E-state index contributed by atoms with van der Waals surface area (Å²) in [6.45, 7) is 6.35. The van der Waals surface area contributed by atoms with E-state index in [1.54, 1.807) is 12.1 Å². The summed E-state index contributed by atoms with van der Waals surface area (Å²) in [5.74, 6) is 0. The zero-order chi connectivity index (χ0) is 13.1. The van der Waals surface area contributed by atoms with E-state index in [-0.39, 0.29) is 11.2 Å². The van der Waals surface area contributed by atoms with Crippen LogP contribution in [0.25, 0.3) is 0 Å². The standard InChI is InChI=1S/C12H18N2O3/c1-12(2,3)13-8-11(15)9-5-4-6-10(7-9)14(16)17/h4-7,11,13,15H,8H2,1-3H3/t11-/m0/s1. The van der Waals surface area contributed by atoms with Crippen LogP contribution in [0.3, 0.4) is 0 Å². The fourth-order valence-corrected chi connectivity index (χ4v) is 1.37. The van der Waals surface area contributed by atoms with Crippen molar-refractivity contribution in [1.29, 1.82) is 0 Å². The normalized spacial score (nSPS) is 13.4. The maximum atomic E-state index is 10.6. The van der Waals surface area contributed by atoms with E-state index in [0.717, 1.165) is 0 Å². The van der Waals surface area contributed by atoms with E-state index < -0.39 is 11.0 Å². The van der Waals surface area contributed by atoms with Crippen LogP contribution in [-0.4, -0.2) is 22.1 Å². The second-order valence-electron chi connectivity index (χ2n) is 5.00. The zero-order valence-corrected chi connectivity index (χ0v) is 10.3. The van der Waals surface area contributed by atoms with Crippen molar-refractivity contribution in [2.24, 2.45) is 0 Å². The van der Waals surface area contributed by atoms with E-state index in [9.17, 15) is 15.2 Å². The first kappa shape index (κ1) is 13.6. The minimum Gasteiger partial charge on any atom is -0.387 e. The number of aliphatic hydroxyl groups is 1. The molecule has 0 aliphatic heterocycles. The van der Waals surface area contributed by atoms with Crippen molar-refractivity contribution in [2.45, 2.75) is 32.4 Å². The average molecular weight is 238 g/mol. The van der Waals surface area contributed by atoms with Gasteiger partial charge in [0.25, 0.3) is 5.69 Å². The Morgan fingerprint density at radius 1 is 1.47 bits per heavy atom. The number of nitro groups is 1. The van der Waals surface area contributed by atoms with Crippen molar-refractivity contribution >= 4 is 5.69 Å². The lowest BCUT2D eigenvalue weighted by molar-refractivity contribution is -0.385. The van der Waals surface area contributed by atoms with Gasteiger partial charge in [0, 0.05) is 24.2 Å². The molecule has 0 fully saturated rings. The smallest absolute Gasteiger partial charge is 0.269 e. The third-order valence-corrected chi connectivity index (χ3v) is 2.29. The van der Waals surface area contributed by atoms with Gasteiger partial charge in [0.2, 0.25) is 0 Å². The van der Waals surface area contributed by atoms with Gasteiger partial charge in [-0.25, -0.2) is 0 Å². The first-order valence-corrected chi connectivity index (χ1v) is 5.47. The second kappa shape index (κ2) is 5.25. The van der Waals surface area contributed by atoms with Gasteiger partial charge < -0.3 is 10.4 Å². The van der Waals surface area contributed by atoms with Crippen molar-refractivity contribution in [3.05, 3.63) is 39.9 Å². The summed E-state index contributed by atoms with van der Waals surface area (Å²) in [6.07, 6.45) is -0.742. The van der Waals surface area contributed by atoms with Crippen LogP contribution in [0.1, 0.15) is 32.4 Å². The van der Waals surface area contributed by atoms with E-state index in [1.165, 1.54) is 12.1 Å². The van der Waals surface area contributed by atoms with E-state index >= 15 is 0 Å². The zero-order valence-electron chi connectivity index (χ0n) is 10.3. The van der Waals surface area contributed by atoms with Crippen LogP contribution in [0, 0.1) is 10.1 Å². The summed E-state index contributed by atoms with van der Waals surface area (Å²) in [4.78, 5) is 10.1. The number of benzene rings is 1. The molecular weight excluding hydrogens is 220 g/mol. The van der Waals surface area contributed by atoms with Gasteiger partial charge in [-0.15, -0.1) is 0 Å². The molecule has 0 spiro atoms. The molecule has 0 bridgehead atoms. The molecule has 0 aromatic heterocycles. The number of hydrogen-bond acceptors (Lipinski definition) is 4. The first-order valence-electron chi connectivity index (χ1n) is 5.47. The van der Waals surface area contributed by atoms with Crippen molar-refractivity contribution in [3.63, 3.8) is 0 Å². The predicted molar refractivity (Wildman–Crippen MR) is 65.8 cm³/mol. The Kier molecular flexibility index (Phi) is 4.20. The summed E-state index contributed by atoms with van der Waals surface area (Å²) in [5, 5.41) is 23.7. The molecule has 17 heavy (non-hydrogen) atoms. The van der Waals surface area contributed by atoms with E-state index in [1.807, 2.05) is 20.8 Å². The summed E-state index contributed by atoms with van der Waals surface area (Å²) in [5.41, 5.74) is 0.454. The van der Waals surface area contributed by atoms with Gasteiger partial charge in [-0.3, -0.25) is 10.1 Å². The molecule has 1 atom stereocenters. The Labute approximate surface area is 101 Å². The number of hydrogen-bond donors (Lipinski definition) is 2. The number of non-ortho nitro benzene ring substituents is 1. The van der Waals surface area contributed by atoms with Crippen LogP contribution in [-0.2, 0) is 0 Å². The molecular formula is C12H18N2O3. The van der Waals surface area contributed by atoms with Crippen molar-refractivity contribution in [3.8, 4) is 0 Å². The predicted octanol–water partition coefficient (Wildman–Crippen LogP) is 2.02. The number of rotatable bonds is 4. The van der Waals surface area contributed by atoms with Gasteiger partial charge >= 0.3 is 0 Å². The molecule has 0 saturated carbocycles. The highest BCUT2D eigenvalue weighted by molar-refractivity contribution is 5.35. The minimum atomic E-state index is -0.742. The van der Waals surface area contributed by atoms with Gasteiger partial charge in [-0.05, 0) is 26.3 Å². The molecule has 2 N–H and O–H groups in total. The molecule has 0 amide bonds. The maximum absolute atomic E-state index is 10.6. The Balaban J connectivity index is 2.72. The molecule has 1 rings (SSSR count). The van der Waals surface area contributed by atoms with E-state index in [4.69, 9.17) is 0 Å². The van der Waals surface area contributed by atoms with Gasteiger partial charge in [-0.1, -0.05) is 12.1 Å². The molecule has 1 aromatic carbocycles. The first-order chi connectivity index (χ1) is 7.79. The second-order valence-corrected chi connectivity index (χ2v) is 5.00. The van der Waals surface area contributed by atoms with Crippen LogP contribution >= 0.6 is 0 Å². The lowest BCUT2D eigenvalue weighted by atomic mass is 10.1. The Morgan fingerprint density at radius 3 is 2.65 bits per heavy atom. The summed E-state index contributed by atoms with van der Waals surface area (Å²) in [6, 6.07) is 6.07. The molecule has 1 aromatic rings. The maximum Gasteiger partial charge on any atom is 0.269 e. The summed E-state index contributed by atoms with van der Waals surface area (Å²) < 4.78 is 0. The largest absolute Gasteiger partial charge is 0.387 e. The van der Waals surface area contributed by atoms with Gasteiger partial charge in [-0.2, -0.15) is 0 Å². The molecule has 0 saturated heterocycles. The van der Waals surface area contributed by atoms with E-state index in [2.05, 4.69) is 5.32 Å². The highest BCUT2D eigenvalue weighted by Crippen LogP contribution is 2.19. The molecule has 0 heterocycles. The molecule has 0 unspecified atom stereocenters. The highest BCUT2D eigenvalue weighted by Gasteiger charge is 2.15. The number of nitrogens with one attached hydrogen (secondary N) is 1. The minimum absolute atomic E-state index is 0.00249. The monoisotopic (exact) mass is 238 g/mol. The fraction of sp³-hybridized carbons (Fsp3) is 0.500. The number of nitrogens with zero attached hydrogens (tertiary/aromatic N) is 1. The van der Waals surface area contributed by atoms with Crippen molar-refractivity contribution < 1.29 is 10.0 Å². The lowest BCUT2D eigenvalue weighted by Crippen LogP contribution is -2.38. The Hall–Kier alpha value is -1.46. The van der Waals surface area contributed by atoms with Crippen molar-refractivity contribution in [2.75, 3.05) is 6.54 Å². The lowest BCUT2D eigenvalue weighted by Gasteiger charge is -2.22. The van der Waals surface area contributed by atoms with Gasteiger partial charge in [0.1, 0.15) is 0 Å². The topological polar surface area (TPSA) is 75.4 Å². The van der Waals surface area contributed by atoms with Gasteiger partial charge in [0.05, 0.1) is 11.0 Å². The van der Waals surface area contributed by atoms with Crippen LogP contribution < -0.4 is 5.32 Å². The fourth-order valence-electron chi connectivity index (χ4n) is 1.37. The number of nitro benzene ring substituents is 1. The Morgan fingerprint density at radius 2 is 2.12 bits per heavy atom. The SMILES string of the molecule is CC(C)(C)NC[C@H](O)c1cccc([N+](=O)[O-])c1. The number of aliphatic hydroxyl groups excluding tert-OH is 1. The third-order valence-electron chi connectivity index (χ3n) is 2.29. The summed E-state index contributed by atoms with van der Waals surface area (Å²) in [7, 11) is 0. The highest BCUT2D eigenvalue weighted by atomic mass is 16.6. The van der Waals surface area contributed by atoms with Crippen molar-refractivity contribution in [1.82, 2.24) is 5.32 Å². The van der Waals surface area contributed by atoms with Gasteiger partial charge in [0.15, 0.2) is 0 Å². The third kappa shape index (κ3) is 4.50. The molecule has 0 radical (unpaired) electrons. The molecule has 5 nitrogen and oxygen atoms in total. The quantitative estimate of drug-likeness (QED) is 0.621. The van der Waals surface area contributed by atoms with Crippen LogP contribution in [0.4, 0.5) is 5.69 Å². The molecule has 94 valence electrons. The Bertz CT molecular complexity index is 399. The average Bonchev–Trinajstić information content (AvgIpc) is 2.25. The van der Waals surface area contributed by atoms with Crippen LogP contribution in [0.5, 0.6) is 0 Å². The molecule has 0 aliphatic carbocycles. The molecule has 0 aliphatic rings. The molecule has 5 heteroatoms. The van der Waals surface area contributed by atoms with Crippen LogP contribution in [0.15, 0.2) is 24.3 Å².